The summed E-state index contributed by atoms with van der Waals surface area (Å²) in [7, 11) is 0. The fourth-order valence-electron chi connectivity index (χ4n) is 4.10. The topological polar surface area (TPSA) is 32.3 Å². The minimum Gasteiger partial charge on any atom is -0.310 e. The molecule has 0 saturated heterocycles. The number of para-hydroxylation sites is 1. The van der Waals surface area contributed by atoms with Gasteiger partial charge in [-0.3, -0.25) is 10.1 Å². The quantitative estimate of drug-likeness (QED) is 0.936. The molecule has 1 N–H and O–H groups in total. The first-order valence-electron chi connectivity index (χ1n) is 8.97. The Labute approximate surface area is 143 Å². The van der Waals surface area contributed by atoms with Crippen molar-refractivity contribution < 1.29 is 4.79 Å². The summed E-state index contributed by atoms with van der Waals surface area (Å²) in [6.07, 6.45) is 4.39. The van der Waals surface area contributed by atoms with Crippen LogP contribution in [0.4, 0.5) is 5.69 Å². The van der Waals surface area contributed by atoms with Crippen molar-refractivity contribution in [2.45, 2.75) is 44.7 Å². The number of hydrogen-bond donors (Lipinski definition) is 1. The van der Waals surface area contributed by atoms with Crippen LogP contribution in [0.5, 0.6) is 0 Å². The highest BCUT2D eigenvalue weighted by molar-refractivity contribution is 5.98. The second-order valence-electron chi connectivity index (χ2n) is 6.90. The molecule has 0 fully saturated rings. The van der Waals surface area contributed by atoms with Crippen molar-refractivity contribution in [2.24, 2.45) is 0 Å². The normalized spacial score (nSPS) is 20.4. The van der Waals surface area contributed by atoms with Gasteiger partial charge >= 0.3 is 0 Å². The van der Waals surface area contributed by atoms with E-state index in [-0.39, 0.29) is 18.0 Å². The summed E-state index contributed by atoms with van der Waals surface area (Å²) in [5, 5.41) is 3.59. The van der Waals surface area contributed by atoms with Crippen LogP contribution >= 0.6 is 0 Å². The summed E-state index contributed by atoms with van der Waals surface area (Å²) in [5.74, 6) is 0.183. The van der Waals surface area contributed by atoms with Gasteiger partial charge in [0.15, 0.2) is 0 Å². The predicted molar refractivity (Wildman–Crippen MR) is 97.2 cm³/mol. The van der Waals surface area contributed by atoms with Crippen LogP contribution in [0, 0.1) is 0 Å². The number of anilines is 1. The van der Waals surface area contributed by atoms with Crippen LogP contribution < -0.4 is 10.2 Å². The first kappa shape index (κ1) is 15.4. The first-order chi connectivity index (χ1) is 11.7. The van der Waals surface area contributed by atoms with E-state index in [4.69, 9.17) is 0 Å². The molecule has 0 unspecified atom stereocenters. The standard InChI is InChI=1S/C21H24N2O/c1-15(21(24)23-14-13-17-8-3-5-12-20(17)23)22-19-11-6-9-16-7-2-4-10-18(16)19/h2-5,7-8,10,12,15,19,22H,6,9,11,13-14H2,1H3/t15-,19-/m1/s1. The van der Waals surface area contributed by atoms with Crippen LogP contribution in [-0.2, 0) is 17.6 Å². The number of nitrogens with one attached hydrogen (secondary N) is 1. The lowest BCUT2D eigenvalue weighted by Gasteiger charge is -2.30. The van der Waals surface area contributed by atoms with Crippen molar-refractivity contribution in [2.75, 3.05) is 11.4 Å². The van der Waals surface area contributed by atoms with Gasteiger partial charge in [0.05, 0.1) is 6.04 Å². The fraction of sp³-hybridized carbons (Fsp3) is 0.381. The average molecular weight is 320 g/mol. The van der Waals surface area contributed by atoms with Crippen molar-refractivity contribution in [3.05, 3.63) is 65.2 Å². The lowest BCUT2D eigenvalue weighted by atomic mass is 9.87. The Bertz CT molecular complexity index is 755. The van der Waals surface area contributed by atoms with Crippen LogP contribution in [0.1, 0.15) is 42.5 Å². The molecule has 2 aromatic carbocycles. The van der Waals surface area contributed by atoms with Gasteiger partial charge in [0.25, 0.3) is 0 Å². The van der Waals surface area contributed by atoms with E-state index in [1.165, 1.54) is 23.1 Å². The molecule has 1 heterocycles. The molecule has 124 valence electrons. The summed E-state index contributed by atoms with van der Waals surface area (Å²) < 4.78 is 0. The van der Waals surface area contributed by atoms with Crippen LogP contribution in [0.3, 0.4) is 0 Å². The lowest BCUT2D eigenvalue weighted by molar-refractivity contribution is -0.120. The number of hydrogen-bond acceptors (Lipinski definition) is 2. The highest BCUT2D eigenvalue weighted by Gasteiger charge is 2.30. The summed E-state index contributed by atoms with van der Waals surface area (Å²) in [6.45, 7) is 2.80. The molecule has 0 saturated carbocycles. The molecule has 3 heteroatoms. The second kappa shape index (κ2) is 6.40. The second-order valence-corrected chi connectivity index (χ2v) is 6.90. The zero-order valence-electron chi connectivity index (χ0n) is 14.2. The van der Waals surface area contributed by atoms with Gasteiger partial charge in [-0.2, -0.15) is 0 Å². The van der Waals surface area contributed by atoms with Crippen LogP contribution in [0.2, 0.25) is 0 Å². The van der Waals surface area contributed by atoms with Gasteiger partial charge in [0.1, 0.15) is 0 Å². The van der Waals surface area contributed by atoms with Crippen molar-refractivity contribution in [3.63, 3.8) is 0 Å². The summed E-state index contributed by atoms with van der Waals surface area (Å²) in [4.78, 5) is 14.9. The first-order valence-corrected chi connectivity index (χ1v) is 8.97. The monoisotopic (exact) mass is 320 g/mol. The maximum absolute atomic E-state index is 13.0. The number of aryl methyl sites for hydroxylation is 1. The summed E-state index contributed by atoms with van der Waals surface area (Å²) in [6, 6.07) is 17.0. The molecule has 2 aromatic rings. The molecule has 0 radical (unpaired) electrons. The number of fused-ring (bicyclic) bond motifs is 2. The highest BCUT2D eigenvalue weighted by atomic mass is 16.2. The average Bonchev–Trinajstić information content (AvgIpc) is 3.05. The van der Waals surface area contributed by atoms with E-state index in [0.717, 1.165) is 31.5 Å². The van der Waals surface area contributed by atoms with Crippen molar-refractivity contribution in [1.29, 1.82) is 0 Å². The molecule has 1 aliphatic heterocycles. The van der Waals surface area contributed by atoms with E-state index in [1.54, 1.807) is 0 Å². The van der Waals surface area contributed by atoms with E-state index >= 15 is 0 Å². The molecule has 1 amide bonds. The fourth-order valence-corrected chi connectivity index (χ4v) is 4.10. The van der Waals surface area contributed by atoms with Gasteiger partial charge in [0.2, 0.25) is 5.91 Å². The number of carbonyl (C=O) groups excluding carboxylic acids is 1. The van der Waals surface area contributed by atoms with Gasteiger partial charge in [0, 0.05) is 18.3 Å². The zero-order valence-corrected chi connectivity index (χ0v) is 14.2. The van der Waals surface area contributed by atoms with Gasteiger partial charge < -0.3 is 4.90 Å². The van der Waals surface area contributed by atoms with E-state index in [2.05, 4.69) is 41.7 Å². The van der Waals surface area contributed by atoms with Crippen molar-refractivity contribution in [1.82, 2.24) is 5.32 Å². The highest BCUT2D eigenvalue weighted by Crippen LogP contribution is 2.31. The maximum atomic E-state index is 13.0. The minimum atomic E-state index is -0.174. The maximum Gasteiger partial charge on any atom is 0.243 e. The molecular formula is C21H24N2O. The minimum absolute atomic E-state index is 0.174. The number of nitrogens with zero attached hydrogens (tertiary/aromatic N) is 1. The Morgan fingerprint density at radius 2 is 1.83 bits per heavy atom. The van der Waals surface area contributed by atoms with Gasteiger partial charge in [-0.05, 0) is 55.4 Å². The molecule has 2 aliphatic rings. The largest absolute Gasteiger partial charge is 0.310 e. The van der Waals surface area contributed by atoms with Crippen LogP contribution in [0.15, 0.2) is 48.5 Å². The molecule has 4 rings (SSSR count). The van der Waals surface area contributed by atoms with Gasteiger partial charge in [-0.1, -0.05) is 42.5 Å². The van der Waals surface area contributed by atoms with Crippen LogP contribution in [0.25, 0.3) is 0 Å². The number of carbonyl (C=O) groups is 1. The molecular weight excluding hydrogens is 296 g/mol. The van der Waals surface area contributed by atoms with Gasteiger partial charge in [-0.25, -0.2) is 0 Å². The van der Waals surface area contributed by atoms with E-state index < -0.39 is 0 Å². The third-order valence-electron chi connectivity index (χ3n) is 5.34. The number of benzene rings is 2. The van der Waals surface area contributed by atoms with E-state index in [1.807, 2.05) is 24.0 Å². The SMILES string of the molecule is C[C@@H](N[C@@H]1CCCc2ccccc21)C(=O)N1CCc2ccccc21. The smallest absolute Gasteiger partial charge is 0.243 e. The van der Waals surface area contributed by atoms with Gasteiger partial charge in [-0.15, -0.1) is 0 Å². The molecule has 2 atom stereocenters. The molecule has 24 heavy (non-hydrogen) atoms. The third kappa shape index (κ3) is 2.73. The van der Waals surface area contributed by atoms with Crippen molar-refractivity contribution >= 4 is 11.6 Å². The third-order valence-corrected chi connectivity index (χ3v) is 5.34. The molecule has 3 nitrogen and oxygen atoms in total. The lowest BCUT2D eigenvalue weighted by Crippen LogP contribution is -2.46. The summed E-state index contributed by atoms with van der Waals surface area (Å²) >= 11 is 0. The van der Waals surface area contributed by atoms with E-state index in [0.29, 0.717) is 0 Å². The molecule has 1 aliphatic carbocycles. The van der Waals surface area contributed by atoms with E-state index in [9.17, 15) is 4.79 Å². The van der Waals surface area contributed by atoms with Crippen molar-refractivity contribution in [3.8, 4) is 0 Å². The summed E-state index contributed by atoms with van der Waals surface area (Å²) in [5.41, 5.74) is 5.15. The number of rotatable bonds is 3. The molecule has 0 spiro atoms. The Kier molecular flexibility index (Phi) is 4.11. The Morgan fingerprint density at radius 1 is 1.08 bits per heavy atom. The van der Waals surface area contributed by atoms with Crippen LogP contribution in [-0.4, -0.2) is 18.5 Å². The Hall–Kier alpha value is -2.13. The molecule has 0 bridgehead atoms. The zero-order chi connectivity index (χ0) is 16.5. The predicted octanol–water partition coefficient (Wildman–Crippen LogP) is 3.63. The Morgan fingerprint density at radius 3 is 2.71 bits per heavy atom. The number of amides is 1. The Balaban J connectivity index is 1.50. The molecule has 0 aromatic heterocycles.